The van der Waals surface area contributed by atoms with E-state index < -0.39 is 16.1 Å². The SMILES string of the molecule is Cc1ccc(C)c(N([C@@H](C)C(=O)N[C@H](C)C(C)C)S(C)(=O)=O)c1. The Bertz CT molecular complexity index is 668. The highest BCUT2D eigenvalue weighted by molar-refractivity contribution is 7.92. The average Bonchev–Trinajstić information content (AvgIpc) is 2.40. The van der Waals surface area contributed by atoms with Crippen LogP contribution in [-0.2, 0) is 14.8 Å². The maximum atomic E-state index is 12.5. The zero-order valence-corrected chi connectivity index (χ0v) is 15.9. The van der Waals surface area contributed by atoms with Crippen molar-refractivity contribution in [3.63, 3.8) is 0 Å². The Morgan fingerprint density at radius 1 is 1.13 bits per heavy atom. The second-order valence-electron chi connectivity index (χ2n) is 6.57. The molecule has 130 valence electrons. The lowest BCUT2D eigenvalue weighted by Crippen LogP contribution is -2.50. The smallest absolute Gasteiger partial charge is 0.243 e. The molecule has 0 aliphatic heterocycles. The summed E-state index contributed by atoms with van der Waals surface area (Å²) in [6.45, 7) is 11.3. The Balaban J connectivity index is 3.23. The molecule has 0 radical (unpaired) electrons. The number of amides is 1. The number of hydrogen-bond acceptors (Lipinski definition) is 3. The lowest BCUT2D eigenvalue weighted by molar-refractivity contribution is -0.122. The largest absolute Gasteiger partial charge is 0.352 e. The maximum Gasteiger partial charge on any atom is 0.243 e. The van der Waals surface area contributed by atoms with Crippen molar-refractivity contribution in [3.8, 4) is 0 Å². The van der Waals surface area contributed by atoms with Crippen LogP contribution < -0.4 is 9.62 Å². The average molecular weight is 340 g/mol. The molecule has 5 nitrogen and oxygen atoms in total. The van der Waals surface area contributed by atoms with E-state index >= 15 is 0 Å². The monoisotopic (exact) mass is 340 g/mol. The van der Waals surface area contributed by atoms with Crippen LogP contribution in [0.25, 0.3) is 0 Å². The van der Waals surface area contributed by atoms with Gasteiger partial charge in [-0.3, -0.25) is 9.10 Å². The van der Waals surface area contributed by atoms with Gasteiger partial charge in [0.1, 0.15) is 6.04 Å². The molecule has 1 aromatic rings. The zero-order chi connectivity index (χ0) is 17.9. The van der Waals surface area contributed by atoms with Gasteiger partial charge in [0.25, 0.3) is 0 Å². The summed E-state index contributed by atoms with van der Waals surface area (Å²) in [5.41, 5.74) is 2.31. The summed E-state index contributed by atoms with van der Waals surface area (Å²) in [6, 6.07) is 4.75. The van der Waals surface area contributed by atoms with Crippen molar-refractivity contribution in [2.75, 3.05) is 10.6 Å². The number of carbonyl (C=O) groups excluding carboxylic acids is 1. The van der Waals surface area contributed by atoms with Crippen molar-refractivity contribution >= 4 is 21.6 Å². The van der Waals surface area contributed by atoms with Gasteiger partial charge >= 0.3 is 0 Å². The van der Waals surface area contributed by atoms with Crippen LogP contribution in [0, 0.1) is 19.8 Å². The Morgan fingerprint density at radius 3 is 2.17 bits per heavy atom. The van der Waals surface area contributed by atoms with E-state index in [1.807, 2.05) is 46.8 Å². The molecule has 2 atom stereocenters. The molecule has 0 heterocycles. The fourth-order valence-electron chi connectivity index (χ4n) is 2.25. The van der Waals surface area contributed by atoms with Crippen LogP contribution in [0.5, 0.6) is 0 Å². The van der Waals surface area contributed by atoms with Crippen molar-refractivity contribution in [2.24, 2.45) is 5.92 Å². The molecule has 0 aromatic heterocycles. The topological polar surface area (TPSA) is 66.5 Å². The second-order valence-corrected chi connectivity index (χ2v) is 8.43. The number of anilines is 1. The van der Waals surface area contributed by atoms with Crippen molar-refractivity contribution < 1.29 is 13.2 Å². The van der Waals surface area contributed by atoms with Gasteiger partial charge in [-0.05, 0) is 50.8 Å². The molecule has 23 heavy (non-hydrogen) atoms. The third kappa shape index (κ3) is 4.96. The van der Waals surface area contributed by atoms with Crippen molar-refractivity contribution in [1.29, 1.82) is 0 Å². The van der Waals surface area contributed by atoms with Gasteiger partial charge < -0.3 is 5.32 Å². The van der Waals surface area contributed by atoms with E-state index in [2.05, 4.69) is 5.32 Å². The number of sulfonamides is 1. The third-order valence-electron chi connectivity index (χ3n) is 4.06. The van der Waals surface area contributed by atoms with E-state index in [9.17, 15) is 13.2 Å². The molecular weight excluding hydrogens is 312 g/mol. The minimum absolute atomic E-state index is 0.0232. The molecular formula is C17H28N2O3S. The zero-order valence-electron chi connectivity index (χ0n) is 15.0. The van der Waals surface area contributed by atoms with Crippen LogP contribution in [0.1, 0.15) is 38.8 Å². The first-order valence-corrected chi connectivity index (χ1v) is 9.67. The molecule has 0 fully saturated rings. The molecule has 0 aliphatic rings. The van der Waals surface area contributed by atoms with Gasteiger partial charge in [-0.15, -0.1) is 0 Å². The van der Waals surface area contributed by atoms with Crippen LogP contribution >= 0.6 is 0 Å². The summed E-state index contributed by atoms with van der Waals surface area (Å²) in [6.07, 6.45) is 1.13. The molecule has 6 heteroatoms. The quantitative estimate of drug-likeness (QED) is 0.865. The predicted molar refractivity (Wildman–Crippen MR) is 95.1 cm³/mol. The summed E-state index contributed by atoms with van der Waals surface area (Å²) in [5, 5.41) is 2.89. The fourth-order valence-corrected chi connectivity index (χ4v) is 3.47. The fraction of sp³-hybridized carbons (Fsp3) is 0.588. The summed E-state index contributed by atoms with van der Waals surface area (Å²) in [4.78, 5) is 12.5. The third-order valence-corrected chi connectivity index (χ3v) is 5.29. The van der Waals surface area contributed by atoms with Gasteiger partial charge in [-0.1, -0.05) is 26.0 Å². The summed E-state index contributed by atoms with van der Waals surface area (Å²) < 4.78 is 25.8. The number of nitrogens with zero attached hydrogens (tertiary/aromatic N) is 1. The first-order chi connectivity index (χ1) is 10.4. The van der Waals surface area contributed by atoms with Gasteiger partial charge in [0, 0.05) is 6.04 Å². The molecule has 1 aromatic carbocycles. The summed E-state index contributed by atoms with van der Waals surface area (Å²) in [5.74, 6) is -0.0175. The lowest BCUT2D eigenvalue weighted by Gasteiger charge is -2.31. The first kappa shape index (κ1) is 19.5. The highest BCUT2D eigenvalue weighted by atomic mass is 32.2. The molecule has 0 saturated heterocycles. The Kier molecular flexibility index (Phi) is 6.22. The lowest BCUT2D eigenvalue weighted by atomic mass is 10.1. The van der Waals surface area contributed by atoms with E-state index in [0.717, 1.165) is 17.4 Å². The number of carbonyl (C=O) groups is 1. The maximum absolute atomic E-state index is 12.5. The molecule has 1 rings (SSSR count). The van der Waals surface area contributed by atoms with E-state index in [1.54, 1.807) is 13.0 Å². The van der Waals surface area contributed by atoms with Gasteiger partial charge in [-0.2, -0.15) is 0 Å². The Hall–Kier alpha value is -1.56. The van der Waals surface area contributed by atoms with E-state index in [0.29, 0.717) is 5.69 Å². The first-order valence-electron chi connectivity index (χ1n) is 7.82. The van der Waals surface area contributed by atoms with Gasteiger partial charge in [-0.25, -0.2) is 8.42 Å². The minimum atomic E-state index is -3.59. The Labute approximate surface area is 140 Å². The predicted octanol–water partition coefficient (Wildman–Crippen LogP) is 2.62. The summed E-state index contributed by atoms with van der Waals surface area (Å²) in [7, 11) is -3.59. The molecule has 0 spiro atoms. The molecule has 0 bridgehead atoms. The van der Waals surface area contributed by atoms with Crippen LogP contribution in [0.2, 0.25) is 0 Å². The number of rotatable bonds is 6. The van der Waals surface area contributed by atoms with Crippen LogP contribution in [0.3, 0.4) is 0 Å². The van der Waals surface area contributed by atoms with E-state index in [-0.39, 0.29) is 17.9 Å². The van der Waals surface area contributed by atoms with Crippen molar-refractivity contribution in [3.05, 3.63) is 29.3 Å². The van der Waals surface area contributed by atoms with E-state index in [1.165, 1.54) is 4.31 Å². The molecule has 0 saturated carbocycles. The Morgan fingerprint density at radius 2 is 1.70 bits per heavy atom. The highest BCUT2D eigenvalue weighted by Gasteiger charge is 2.31. The molecule has 0 unspecified atom stereocenters. The number of nitrogens with one attached hydrogen (secondary N) is 1. The van der Waals surface area contributed by atoms with Gasteiger partial charge in [0.05, 0.1) is 11.9 Å². The molecule has 1 amide bonds. The van der Waals surface area contributed by atoms with Crippen LogP contribution in [0.4, 0.5) is 5.69 Å². The number of aryl methyl sites for hydroxylation is 2. The van der Waals surface area contributed by atoms with Crippen LogP contribution in [0.15, 0.2) is 18.2 Å². The molecule has 1 N–H and O–H groups in total. The highest BCUT2D eigenvalue weighted by Crippen LogP contribution is 2.26. The van der Waals surface area contributed by atoms with Gasteiger partial charge in [0.2, 0.25) is 15.9 Å². The standard InChI is InChI=1S/C17H28N2O3S/c1-11(2)14(5)18-17(20)15(6)19(23(7,21)22)16-10-12(3)8-9-13(16)4/h8-11,14-15H,1-7H3,(H,18,20)/t14-,15+/m1/s1. The van der Waals surface area contributed by atoms with Crippen LogP contribution in [-0.4, -0.2) is 32.7 Å². The van der Waals surface area contributed by atoms with E-state index in [4.69, 9.17) is 0 Å². The van der Waals surface area contributed by atoms with Crippen molar-refractivity contribution in [2.45, 2.75) is 53.6 Å². The van der Waals surface area contributed by atoms with Gasteiger partial charge in [0.15, 0.2) is 0 Å². The summed E-state index contributed by atoms with van der Waals surface area (Å²) >= 11 is 0. The molecule has 0 aliphatic carbocycles. The van der Waals surface area contributed by atoms with Crippen molar-refractivity contribution in [1.82, 2.24) is 5.32 Å². The minimum Gasteiger partial charge on any atom is -0.352 e. The number of hydrogen-bond donors (Lipinski definition) is 1. The number of benzene rings is 1. The second kappa shape index (κ2) is 7.34. The normalized spacial score (nSPS) is 14.4.